The molecular weight excluding hydrogens is 392 g/mol. The third kappa shape index (κ3) is 5.87. The predicted molar refractivity (Wildman–Crippen MR) is 109 cm³/mol. The molecular formula is C18H40N2Si2Zr. The van der Waals surface area contributed by atoms with E-state index in [9.17, 15) is 0 Å². The second-order valence-electron chi connectivity index (χ2n) is 9.23. The van der Waals surface area contributed by atoms with Crippen molar-refractivity contribution in [2.75, 3.05) is 7.05 Å². The first-order chi connectivity index (χ1) is 9.24. The van der Waals surface area contributed by atoms with Crippen LogP contribution in [0.1, 0.15) is 41.5 Å². The molecule has 1 aliphatic rings. The van der Waals surface area contributed by atoms with E-state index in [0.29, 0.717) is 5.54 Å². The fraction of sp³-hybridized carbons (Fsp3) is 0.889. The summed E-state index contributed by atoms with van der Waals surface area (Å²) in [6, 6.07) is 0. The first kappa shape index (κ1) is 26.5. The fourth-order valence-electron chi connectivity index (χ4n) is 5.10. The van der Waals surface area contributed by atoms with Crippen molar-refractivity contribution in [1.29, 1.82) is 0 Å². The third-order valence-electron chi connectivity index (χ3n) is 5.58. The van der Waals surface area contributed by atoms with Crippen molar-refractivity contribution in [1.82, 2.24) is 0 Å². The molecule has 4 unspecified atom stereocenters. The van der Waals surface area contributed by atoms with Crippen molar-refractivity contribution >= 4 is 16.5 Å². The van der Waals surface area contributed by atoms with Gasteiger partial charge in [0.05, 0.1) is 0 Å². The average molecular weight is 432 g/mol. The molecule has 0 bridgehead atoms. The monoisotopic (exact) mass is 430 g/mol. The van der Waals surface area contributed by atoms with Gasteiger partial charge in [-0.05, 0) is 0 Å². The Hall–Kier alpha value is 1.24. The summed E-state index contributed by atoms with van der Waals surface area (Å²) in [6.45, 7) is 23.9. The Morgan fingerprint density at radius 3 is 1.52 bits per heavy atom. The van der Waals surface area contributed by atoms with Crippen molar-refractivity contribution < 1.29 is 26.2 Å². The molecule has 0 spiro atoms. The summed E-state index contributed by atoms with van der Waals surface area (Å²) >= 11 is 0. The van der Waals surface area contributed by atoms with Gasteiger partial charge >= 0.3 is 26.2 Å². The van der Waals surface area contributed by atoms with Gasteiger partial charge in [-0.2, -0.15) is 25.1 Å². The van der Waals surface area contributed by atoms with E-state index < -0.39 is 16.5 Å². The van der Waals surface area contributed by atoms with E-state index in [1.807, 2.05) is 7.05 Å². The number of hydrogen-bond donors (Lipinski definition) is 0. The second kappa shape index (κ2) is 8.75. The normalized spacial score (nSPS) is 29.9. The van der Waals surface area contributed by atoms with E-state index in [1.54, 1.807) is 5.92 Å². The van der Waals surface area contributed by atoms with E-state index in [-0.39, 0.29) is 39.2 Å². The van der Waals surface area contributed by atoms with Crippen LogP contribution in [0.3, 0.4) is 0 Å². The molecule has 0 N–H and O–H groups in total. The Kier molecular flexibility index (Phi) is 10.1. The zero-order valence-corrected chi connectivity index (χ0v) is 22.2. The molecule has 1 aliphatic carbocycles. The molecule has 2 nitrogen and oxygen atoms in total. The molecule has 4 atom stereocenters. The molecule has 23 heavy (non-hydrogen) atoms. The number of hydrogen-bond acceptors (Lipinski definition) is 0. The van der Waals surface area contributed by atoms with Crippen LogP contribution in [0.2, 0.25) is 37.3 Å². The van der Waals surface area contributed by atoms with Gasteiger partial charge < -0.3 is 23.3 Å². The minimum atomic E-state index is -1.64. The van der Waals surface area contributed by atoms with E-state index in [0.717, 1.165) is 17.4 Å². The summed E-state index contributed by atoms with van der Waals surface area (Å²) in [5.74, 6) is 3.22. The smallest absolute Gasteiger partial charge is 0.669 e. The number of nitrogens with zero attached hydrogens (tertiary/aromatic N) is 2. The SMILES string of the molecule is C[N-][Si](C)(C)C1[C-](C)C([Si](C)(C)[N-]C(C)(C)C)C(C)C1C.[CH3-].[Zr+4]. The molecule has 1 saturated carbocycles. The van der Waals surface area contributed by atoms with Gasteiger partial charge in [0.1, 0.15) is 0 Å². The van der Waals surface area contributed by atoms with E-state index in [2.05, 4.69) is 67.7 Å². The average Bonchev–Trinajstić information content (AvgIpc) is 2.47. The van der Waals surface area contributed by atoms with Gasteiger partial charge in [-0.25, -0.2) is 0 Å². The first-order valence-corrected chi connectivity index (χ1v) is 14.5. The van der Waals surface area contributed by atoms with E-state index >= 15 is 0 Å². The zero-order chi connectivity index (χ0) is 16.8. The maximum absolute atomic E-state index is 5.30. The summed E-state index contributed by atoms with van der Waals surface area (Å²) in [4.78, 5) is 10.1. The summed E-state index contributed by atoms with van der Waals surface area (Å²) < 4.78 is 0. The Bertz CT molecular complexity index is 367. The van der Waals surface area contributed by atoms with Gasteiger partial charge in [-0.1, -0.05) is 89.1 Å². The minimum Gasteiger partial charge on any atom is -0.669 e. The Morgan fingerprint density at radius 1 is 0.870 bits per heavy atom. The van der Waals surface area contributed by atoms with Crippen molar-refractivity contribution in [3.63, 3.8) is 0 Å². The van der Waals surface area contributed by atoms with Gasteiger partial charge in [0.2, 0.25) is 0 Å². The maximum atomic E-state index is 5.30. The van der Waals surface area contributed by atoms with Gasteiger partial charge in [0, 0.05) is 0 Å². The van der Waals surface area contributed by atoms with Crippen LogP contribution < -0.4 is 0 Å². The van der Waals surface area contributed by atoms with Crippen LogP contribution >= 0.6 is 0 Å². The molecule has 1 fully saturated rings. The van der Waals surface area contributed by atoms with Crippen molar-refractivity contribution in [2.45, 2.75) is 84.4 Å². The Balaban J connectivity index is 0. The van der Waals surface area contributed by atoms with E-state index in [4.69, 9.17) is 9.96 Å². The topological polar surface area (TPSA) is 28.2 Å². The molecule has 1 rings (SSSR count). The largest absolute Gasteiger partial charge is 4.00 e. The van der Waals surface area contributed by atoms with Gasteiger partial charge in [0.25, 0.3) is 0 Å². The third-order valence-corrected chi connectivity index (χ3v) is 13.0. The summed E-state index contributed by atoms with van der Waals surface area (Å²) in [7, 11) is -1.13. The standard InChI is InChI=1S/C17H37N2Si2.CH3.Zr/c1-12-13(2)16(21(10,11)19-17(4,5)6)14(3)15(12)20(8,9)18-7;;/h12-13,15-16H,1-11H3;1H3;/q-3;-1;+4. The summed E-state index contributed by atoms with van der Waals surface area (Å²) in [5.41, 5.74) is 1.52. The van der Waals surface area contributed by atoms with Crippen LogP contribution in [0.15, 0.2) is 0 Å². The van der Waals surface area contributed by atoms with Gasteiger partial charge in [0.15, 0.2) is 0 Å². The van der Waals surface area contributed by atoms with Crippen molar-refractivity contribution in [3.8, 4) is 0 Å². The second-order valence-corrected chi connectivity index (χ2v) is 17.8. The van der Waals surface area contributed by atoms with Crippen molar-refractivity contribution in [3.05, 3.63) is 23.3 Å². The van der Waals surface area contributed by atoms with Crippen LogP contribution in [-0.2, 0) is 26.2 Å². The van der Waals surface area contributed by atoms with Crippen LogP contribution in [0, 0.1) is 25.2 Å². The quantitative estimate of drug-likeness (QED) is 0.352. The van der Waals surface area contributed by atoms with Gasteiger partial charge in [-0.15, -0.1) is 5.54 Å². The molecule has 0 amide bonds. The Labute approximate surface area is 168 Å². The molecule has 134 valence electrons. The van der Waals surface area contributed by atoms with Crippen LogP contribution in [-0.4, -0.2) is 29.1 Å². The molecule has 0 saturated heterocycles. The fourth-order valence-corrected chi connectivity index (χ4v) is 13.2. The van der Waals surface area contributed by atoms with Crippen LogP contribution in [0.25, 0.3) is 9.96 Å². The molecule has 0 aromatic rings. The van der Waals surface area contributed by atoms with E-state index in [1.165, 1.54) is 0 Å². The molecule has 0 heterocycles. The van der Waals surface area contributed by atoms with Gasteiger partial charge in [-0.3, -0.25) is 0 Å². The number of rotatable bonds is 4. The molecule has 0 aromatic carbocycles. The molecule has 0 aliphatic heterocycles. The summed E-state index contributed by atoms with van der Waals surface area (Å²) in [5, 5.41) is 0. The zero-order valence-electron chi connectivity index (χ0n) is 17.7. The minimum absolute atomic E-state index is 0. The Morgan fingerprint density at radius 2 is 1.22 bits per heavy atom. The van der Waals surface area contributed by atoms with Crippen LogP contribution in [0.5, 0.6) is 0 Å². The van der Waals surface area contributed by atoms with Crippen molar-refractivity contribution in [2.24, 2.45) is 11.8 Å². The first-order valence-electron chi connectivity index (χ1n) is 8.43. The maximum Gasteiger partial charge on any atom is 4.00 e. The molecule has 0 aromatic heterocycles. The van der Waals surface area contributed by atoms with Crippen LogP contribution in [0.4, 0.5) is 0 Å². The molecule has 0 radical (unpaired) electrons. The summed E-state index contributed by atoms with van der Waals surface area (Å²) in [6.07, 6.45) is 0. The molecule has 5 heteroatoms. The predicted octanol–water partition coefficient (Wildman–Crippen LogP) is 6.64.